The fraction of sp³-hybridized carbons (Fsp3) is 0.538. The van der Waals surface area contributed by atoms with Crippen LogP contribution in [-0.4, -0.2) is 19.6 Å². The van der Waals surface area contributed by atoms with Gasteiger partial charge in [-0.2, -0.15) is 10.2 Å². The molecule has 2 aromatic heterocycles. The smallest absolute Gasteiger partial charge is 0.0666 e. The first-order valence-corrected chi connectivity index (χ1v) is 6.31. The fourth-order valence-corrected chi connectivity index (χ4v) is 2.08. The topological polar surface area (TPSA) is 47.7 Å². The predicted octanol–water partition coefficient (Wildman–Crippen LogP) is 1.31. The zero-order chi connectivity index (χ0) is 13.1. The van der Waals surface area contributed by atoms with Crippen molar-refractivity contribution in [2.45, 2.75) is 33.4 Å². The van der Waals surface area contributed by atoms with Crippen LogP contribution in [0.5, 0.6) is 0 Å². The molecule has 0 bridgehead atoms. The molecule has 18 heavy (non-hydrogen) atoms. The zero-order valence-corrected chi connectivity index (χ0v) is 11.6. The number of rotatable bonds is 5. The lowest BCUT2D eigenvalue weighted by atomic mass is 10.2. The molecule has 0 radical (unpaired) electrons. The van der Waals surface area contributed by atoms with E-state index < -0.39 is 0 Å². The summed E-state index contributed by atoms with van der Waals surface area (Å²) in [7, 11) is 3.93. The summed E-state index contributed by atoms with van der Waals surface area (Å²) >= 11 is 0. The molecule has 0 amide bonds. The van der Waals surface area contributed by atoms with E-state index >= 15 is 0 Å². The van der Waals surface area contributed by atoms with E-state index in [1.54, 1.807) is 0 Å². The molecule has 2 rings (SSSR count). The molecule has 0 saturated carbocycles. The van der Waals surface area contributed by atoms with E-state index in [-0.39, 0.29) is 0 Å². The first-order chi connectivity index (χ1) is 8.61. The Balaban J connectivity index is 1.94. The molecule has 1 N–H and O–H groups in total. The van der Waals surface area contributed by atoms with Crippen molar-refractivity contribution in [2.75, 3.05) is 0 Å². The molecule has 5 heteroatoms. The summed E-state index contributed by atoms with van der Waals surface area (Å²) in [6, 6.07) is 0. The van der Waals surface area contributed by atoms with Gasteiger partial charge in [0, 0.05) is 50.2 Å². The van der Waals surface area contributed by atoms with Gasteiger partial charge < -0.3 is 5.32 Å². The van der Waals surface area contributed by atoms with Gasteiger partial charge >= 0.3 is 0 Å². The van der Waals surface area contributed by atoms with Crippen molar-refractivity contribution in [3.8, 4) is 0 Å². The van der Waals surface area contributed by atoms with Crippen molar-refractivity contribution in [1.82, 2.24) is 24.9 Å². The van der Waals surface area contributed by atoms with E-state index in [0.29, 0.717) is 0 Å². The van der Waals surface area contributed by atoms with E-state index in [1.807, 2.05) is 29.7 Å². The second-order valence-corrected chi connectivity index (χ2v) is 4.61. The Morgan fingerprint density at radius 1 is 1.22 bits per heavy atom. The maximum absolute atomic E-state index is 4.44. The second kappa shape index (κ2) is 5.35. The number of hydrogen-bond acceptors (Lipinski definition) is 3. The number of hydrogen-bond donors (Lipinski definition) is 1. The first kappa shape index (κ1) is 12.8. The molecule has 0 aliphatic heterocycles. The highest BCUT2D eigenvalue weighted by Gasteiger charge is 2.06. The standard InChI is InChI=1S/C13H21N5/c1-5-13-12(9-17(3)16-13)7-14-6-11-8-15-18(4)10(11)2/h8-9,14H,5-7H2,1-4H3. The number of nitrogens with one attached hydrogen (secondary N) is 1. The summed E-state index contributed by atoms with van der Waals surface area (Å²) < 4.78 is 3.78. The lowest BCUT2D eigenvalue weighted by Gasteiger charge is -2.04. The average Bonchev–Trinajstić information content (AvgIpc) is 2.86. The highest BCUT2D eigenvalue weighted by atomic mass is 15.3. The third-order valence-corrected chi connectivity index (χ3v) is 3.29. The summed E-state index contributed by atoms with van der Waals surface area (Å²) in [6.07, 6.45) is 4.98. The molecule has 0 aromatic carbocycles. The van der Waals surface area contributed by atoms with Crippen molar-refractivity contribution in [1.29, 1.82) is 0 Å². The number of nitrogens with zero attached hydrogens (tertiary/aromatic N) is 4. The fourth-order valence-electron chi connectivity index (χ4n) is 2.08. The van der Waals surface area contributed by atoms with Crippen molar-refractivity contribution >= 4 is 0 Å². The molecule has 5 nitrogen and oxygen atoms in total. The van der Waals surface area contributed by atoms with Gasteiger partial charge in [0.25, 0.3) is 0 Å². The van der Waals surface area contributed by atoms with Crippen LogP contribution in [-0.2, 0) is 33.6 Å². The second-order valence-electron chi connectivity index (χ2n) is 4.61. The van der Waals surface area contributed by atoms with E-state index in [2.05, 4.69) is 35.6 Å². The number of aromatic nitrogens is 4. The van der Waals surface area contributed by atoms with Crippen LogP contribution in [0.15, 0.2) is 12.4 Å². The van der Waals surface area contributed by atoms with Gasteiger partial charge in [-0.25, -0.2) is 0 Å². The van der Waals surface area contributed by atoms with Crippen molar-refractivity contribution < 1.29 is 0 Å². The van der Waals surface area contributed by atoms with Crippen LogP contribution in [0.2, 0.25) is 0 Å². The molecule has 0 aliphatic rings. The van der Waals surface area contributed by atoms with Gasteiger partial charge in [0.05, 0.1) is 11.9 Å². The highest BCUT2D eigenvalue weighted by Crippen LogP contribution is 2.08. The highest BCUT2D eigenvalue weighted by molar-refractivity contribution is 5.18. The molecule has 0 unspecified atom stereocenters. The molecule has 0 spiro atoms. The Kier molecular flexibility index (Phi) is 3.81. The van der Waals surface area contributed by atoms with Crippen LogP contribution in [0.1, 0.15) is 29.4 Å². The van der Waals surface area contributed by atoms with Gasteiger partial charge in [0.1, 0.15) is 0 Å². The maximum atomic E-state index is 4.44. The summed E-state index contributed by atoms with van der Waals surface area (Å²) in [5.74, 6) is 0. The Bertz CT molecular complexity index is 523. The minimum atomic E-state index is 0.845. The predicted molar refractivity (Wildman–Crippen MR) is 71.1 cm³/mol. The molecular weight excluding hydrogens is 226 g/mol. The van der Waals surface area contributed by atoms with E-state index in [0.717, 1.165) is 19.5 Å². The van der Waals surface area contributed by atoms with Crippen LogP contribution in [0.25, 0.3) is 0 Å². The SMILES string of the molecule is CCc1nn(C)cc1CNCc1cnn(C)c1C. The van der Waals surface area contributed by atoms with Gasteiger partial charge in [0.15, 0.2) is 0 Å². The molecular formula is C13H21N5. The lowest BCUT2D eigenvalue weighted by molar-refractivity contribution is 0.680. The molecule has 98 valence electrons. The Hall–Kier alpha value is -1.62. The van der Waals surface area contributed by atoms with Gasteiger partial charge in [-0.15, -0.1) is 0 Å². The maximum Gasteiger partial charge on any atom is 0.0666 e. The van der Waals surface area contributed by atoms with Crippen LogP contribution in [0.4, 0.5) is 0 Å². The lowest BCUT2D eigenvalue weighted by Crippen LogP contribution is -2.13. The Morgan fingerprint density at radius 3 is 2.56 bits per heavy atom. The largest absolute Gasteiger partial charge is 0.308 e. The Morgan fingerprint density at radius 2 is 1.94 bits per heavy atom. The van der Waals surface area contributed by atoms with E-state index in [1.165, 1.54) is 22.5 Å². The van der Waals surface area contributed by atoms with Gasteiger partial charge in [-0.1, -0.05) is 6.92 Å². The van der Waals surface area contributed by atoms with Gasteiger partial charge in [0.2, 0.25) is 0 Å². The summed E-state index contributed by atoms with van der Waals surface area (Å²) in [4.78, 5) is 0. The molecule has 2 heterocycles. The third kappa shape index (κ3) is 2.61. The van der Waals surface area contributed by atoms with Crippen molar-refractivity contribution in [2.24, 2.45) is 14.1 Å². The molecule has 2 aromatic rings. The van der Waals surface area contributed by atoms with Gasteiger partial charge in [-0.3, -0.25) is 9.36 Å². The summed E-state index contributed by atoms with van der Waals surface area (Å²) in [5.41, 5.74) is 4.92. The minimum absolute atomic E-state index is 0.845. The zero-order valence-electron chi connectivity index (χ0n) is 11.6. The van der Waals surface area contributed by atoms with Crippen molar-refractivity contribution in [3.63, 3.8) is 0 Å². The monoisotopic (exact) mass is 247 g/mol. The summed E-state index contributed by atoms with van der Waals surface area (Å²) in [6.45, 7) is 5.92. The van der Waals surface area contributed by atoms with Crippen LogP contribution in [0.3, 0.4) is 0 Å². The number of aryl methyl sites for hydroxylation is 3. The van der Waals surface area contributed by atoms with E-state index in [4.69, 9.17) is 0 Å². The normalized spacial score (nSPS) is 11.1. The Labute approximate surface area is 108 Å². The third-order valence-electron chi connectivity index (χ3n) is 3.29. The van der Waals surface area contributed by atoms with Crippen LogP contribution < -0.4 is 5.32 Å². The average molecular weight is 247 g/mol. The molecule has 0 aliphatic carbocycles. The van der Waals surface area contributed by atoms with Crippen molar-refractivity contribution in [3.05, 3.63) is 34.9 Å². The van der Waals surface area contributed by atoms with E-state index in [9.17, 15) is 0 Å². The molecule has 0 fully saturated rings. The summed E-state index contributed by atoms with van der Waals surface area (Å²) in [5, 5.41) is 12.1. The first-order valence-electron chi connectivity index (χ1n) is 6.31. The van der Waals surface area contributed by atoms with Crippen LogP contribution in [0, 0.1) is 6.92 Å². The molecule has 0 saturated heterocycles. The van der Waals surface area contributed by atoms with Gasteiger partial charge in [-0.05, 0) is 13.3 Å². The quantitative estimate of drug-likeness (QED) is 0.866. The minimum Gasteiger partial charge on any atom is -0.308 e. The molecule has 0 atom stereocenters. The van der Waals surface area contributed by atoms with Crippen LogP contribution >= 0.6 is 0 Å².